The third-order valence-electron chi connectivity index (χ3n) is 4.73. The molecule has 7 heteroatoms. The van der Waals surface area contributed by atoms with Gasteiger partial charge in [0.1, 0.15) is 10.8 Å². The van der Waals surface area contributed by atoms with Gasteiger partial charge in [-0.15, -0.1) is 0 Å². The molecule has 0 aromatic heterocycles. The van der Waals surface area contributed by atoms with E-state index in [1.54, 1.807) is 0 Å². The first kappa shape index (κ1) is 16.9. The van der Waals surface area contributed by atoms with E-state index in [0.29, 0.717) is 25.7 Å². The highest BCUT2D eigenvalue weighted by Gasteiger charge is 2.36. The summed E-state index contributed by atoms with van der Waals surface area (Å²) < 4.78 is 49.4. The summed E-state index contributed by atoms with van der Waals surface area (Å²) >= 11 is 0. The van der Waals surface area contributed by atoms with Crippen molar-refractivity contribution in [2.24, 2.45) is 0 Å². The molecule has 0 radical (unpaired) electrons. The maximum Gasteiger partial charge on any atom is 0.194 e. The van der Waals surface area contributed by atoms with Crippen LogP contribution in [0.3, 0.4) is 0 Å². The lowest BCUT2D eigenvalue weighted by Crippen LogP contribution is -2.37. The van der Waals surface area contributed by atoms with Crippen LogP contribution in [0.2, 0.25) is 0 Å². The normalized spacial score (nSPS) is 23.0. The lowest BCUT2D eigenvalue weighted by atomic mass is 10.0. The number of hydrogen-bond donors (Lipinski definition) is 1. The summed E-state index contributed by atoms with van der Waals surface area (Å²) in [5.41, 5.74) is 0. The van der Waals surface area contributed by atoms with Crippen molar-refractivity contribution in [1.29, 1.82) is 5.41 Å². The second kappa shape index (κ2) is 6.77. The Labute approximate surface area is 127 Å². The zero-order valence-electron chi connectivity index (χ0n) is 12.4. The Balaban J connectivity index is 2.05. The highest BCUT2D eigenvalue weighted by atomic mass is 32.2. The highest BCUT2D eigenvalue weighted by Crippen LogP contribution is 2.27. The lowest BCUT2D eigenvalue weighted by Gasteiger charge is -2.24. The Bertz CT molecular complexity index is 568. The smallest absolute Gasteiger partial charge is 0.194 e. The van der Waals surface area contributed by atoms with Crippen molar-refractivity contribution in [1.82, 2.24) is 0 Å². The molecule has 0 saturated heterocycles. The molecule has 21 heavy (non-hydrogen) atoms. The quantitative estimate of drug-likeness (QED) is 0.631. The minimum atomic E-state index is -3.73. The molecule has 122 valence electrons. The molecule has 0 bridgehead atoms. The van der Waals surface area contributed by atoms with Gasteiger partial charge in [0.25, 0.3) is 0 Å². The summed E-state index contributed by atoms with van der Waals surface area (Å²) in [5.74, 6) is -0.601. The van der Waals surface area contributed by atoms with Crippen LogP contribution in [-0.4, -0.2) is 38.1 Å². The molecule has 0 aromatic carbocycles. The minimum Gasteiger partial charge on any atom is -0.293 e. The molecule has 0 aromatic rings. The van der Waals surface area contributed by atoms with E-state index >= 15 is 0 Å². The van der Waals surface area contributed by atoms with Crippen molar-refractivity contribution in [2.45, 2.75) is 74.7 Å². The van der Waals surface area contributed by atoms with Crippen LogP contribution in [0, 0.1) is 5.41 Å². The van der Waals surface area contributed by atoms with Gasteiger partial charge in [-0.25, -0.2) is 16.8 Å². The van der Waals surface area contributed by atoms with Crippen molar-refractivity contribution < 1.29 is 16.8 Å². The van der Waals surface area contributed by atoms with Gasteiger partial charge in [0.05, 0.1) is 10.5 Å². The van der Waals surface area contributed by atoms with E-state index in [1.807, 2.05) is 0 Å². The van der Waals surface area contributed by atoms with Crippen molar-refractivity contribution >= 4 is 24.7 Å². The predicted octanol–water partition coefficient (Wildman–Crippen LogP) is 2.46. The van der Waals surface area contributed by atoms with Crippen molar-refractivity contribution in [2.75, 3.05) is 5.75 Å². The molecule has 2 aliphatic rings. The average molecular weight is 335 g/mol. The maximum atomic E-state index is 12.4. The van der Waals surface area contributed by atoms with Gasteiger partial charge in [0.2, 0.25) is 0 Å². The highest BCUT2D eigenvalue weighted by molar-refractivity contribution is 8.09. The first-order chi connectivity index (χ1) is 9.84. The summed E-state index contributed by atoms with van der Waals surface area (Å²) in [6, 6.07) is 0. The van der Waals surface area contributed by atoms with Gasteiger partial charge in [-0.1, -0.05) is 38.5 Å². The fourth-order valence-corrected chi connectivity index (χ4v) is 7.54. The fourth-order valence-electron chi connectivity index (χ4n) is 3.38. The van der Waals surface area contributed by atoms with Gasteiger partial charge < -0.3 is 0 Å². The SMILES string of the molecule is N=C(CS(=O)(=O)C1CCCCC1)S(=O)(=O)C1CCCCC1. The molecule has 0 aliphatic heterocycles. The summed E-state index contributed by atoms with van der Waals surface area (Å²) in [7, 11) is -7.24. The van der Waals surface area contributed by atoms with E-state index in [-0.39, 0.29) is 0 Å². The first-order valence-corrected chi connectivity index (χ1v) is 11.1. The van der Waals surface area contributed by atoms with E-state index in [2.05, 4.69) is 0 Å². The van der Waals surface area contributed by atoms with Crippen molar-refractivity contribution in [3.8, 4) is 0 Å². The zero-order valence-corrected chi connectivity index (χ0v) is 14.0. The van der Waals surface area contributed by atoms with Crippen LogP contribution in [0.4, 0.5) is 0 Å². The molecule has 0 unspecified atom stereocenters. The molecule has 2 aliphatic carbocycles. The third kappa shape index (κ3) is 4.06. The largest absolute Gasteiger partial charge is 0.293 e. The van der Waals surface area contributed by atoms with E-state index in [9.17, 15) is 16.8 Å². The topological polar surface area (TPSA) is 92.1 Å². The Hall–Kier alpha value is -0.430. The predicted molar refractivity (Wildman–Crippen MR) is 84.2 cm³/mol. The molecule has 2 saturated carbocycles. The molecular weight excluding hydrogens is 310 g/mol. The fraction of sp³-hybridized carbons (Fsp3) is 0.929. The van der Waals surface area contributed by atoms with Gasteiger partial charge >= 0.3 is 0 Å². The van der Waals surface area contributed by atoms with Crippen LogP contribution in [0.25, 0.3) is 0 Å². The van der Waals surface area contributed by atoms with Gasteiger partial charge in [-0.3, -0.25) is 5.41 Å². The van der Waals surface area contributed by atoms with Crippen molar-refractivity contribution in [3.63, 3.8) is 0 Å². The van der Waals surface area contributed by atoms with Gasteiger partial charge in [-0.05, 0) is 25.7 Å². The third-order valence-corrected chi connectivity index (χ3v) is 9.27. The summed E-state index contributed by atoms with van der Waals surface area (Å²) in [6.07, 6.45) is 7.89. The Kier molecular flexibility index (Phi) is 5.46. The monoisotopic (exact) mass is 335 g/mol. The van der Waals surface area contributed by atoms with E-state index in [1.165, 1.54) is 0 Å². The van der Waals surface area contributed by atoms with E-state index < -0.39 is 41.0 Å². The van der Waals surface area contributed by atoms with Gasteiger partial charge in [-0.2, -0.15) is 0 Å². The second-order valence-corrected chi connectivity index (χ2v) is 10.8. The number of rotatable bonds is 4. The lowest BCUT2D eigenvalue weighted by molar-refractivity contribution is 0.484. The Morgan fingerprint density at radius 3 is 1.67 bits per heavy atom. The van der Waals surface area contributed by atoms with Gasteiger partial charge in [0, 0.05) is 0 Å². The van der Waals surface area contributed by atoms with Crippen LogP contribution in [0.1, 0.15) is 64.2 Å². The van der Waals surface area contributed by atoms with Crippen LogP contribution in [0.15, 0.2) is 0 Å². The van der Waals surface area contributed by atoms with E-state index in [4.69, 9.17) is 5.41 Å². The molecule has 0 heterocycles. The van der Waals surface area contributed by atoms with Gasteiger partial charge in [0.15, 0.2) is 19.7 Å². The second-order valence-electron chi connectivity index (χ2n) is 6.30. The van der Waals surface area contributed by atoms with Crippen LogP contribution in [-0.2, 0) is 19.7 Å². The molecule has 5 nitrogen and oxygen atoms in total. The molecular formula is C14H25NO4S2. The Morgan fingerprint density at radius 1 is 0.762 bits per heavy atom. The minimum absolute atomic E-state index is 0.451. The zero-order chi connectivity index (χ0) is 15.5. The van der Waals surface area contributed by atoms with Crippen LogP contribution >= 0.6 is 0 Å². The Morgan fingerprint density at radius 2 is 1.19 bits per heavy atom. The first-order valence-electron chi connectivity index (χ1n) is 7.87. The summed E-state index contributed by atoms with van der Waals surface area (Å²) in [5, 5.41) is 6.26. The molecule has 0 spiro atoms. The molecule has 0 amide bonds. The molecule has 2 fully saturated rings. The van der Waals surface area contributed by atoms with Crippen LogP contribution in [0.5, 0.6) is 0 Å². The average Bonchev–Trinajstić information content (AvgIpc) is 2.48. The standard InChI is InChI=1S/C14H25NO4S2/c15-14(21(18,19)13-9-5-2-6-10-13)11-20(16,17)12-7-3-1-4-8-12/h12-13,15H,1-11H2. The molecule has 1 N–H and O–H groups in total. The summed E-state index contributed by atoms with van der Waals surface area (Å²) in [6.45, 7) is 0. The molecule has 0 atom stereocenters. The van der Waals surface area contributed by atoms with E-state index in [0.717, 1.165) is 38.5 Å². The number of sulfone groups is 2. The number of hydrogen-bond acceptors (Lipinski definition) is 5. The summed E-state index contributed by atoms with van der Waals surface area (Å²) in [4.78, 5) is 0. The molecule has 2 rings (SSSR count). The number of nitrogens with one attached hydrogen (secondary N) is 1. The maximum absolute atomic E-state index is 12.4. The van der Waals surface area contributed by atoms with Crippen molar-refractivity contribution in [3.05, 3.63) is 0 Å². The van der Waals surface area contributed by atoms with Crippen LogP contribution < -0.4 is 0 Å².